The van der Waals surface area contributed by atoms with Gasteiger partial charge in [0.2, 0.25) is 0 Å². The minimum Gasteiger partial charge on any atom is -0.503 e. The molecule has 0 amide bonds. The summed E-state index contributed by atoms with van der Waals surface area (Å²) in [6.45, 7) is 4.30. The summed E-state index contributed by atoms with van der Waals surface area (Å²) in [4.78, 5) is 9.83. The van der Waals surface area contributed by atoms with Crippen LogP contribution in [0, 0.1) is 26.0 Å². The van der Waals surface area contributed by atoms with Gasteiger partial charge in [0.25, 0.3) is 0 Å². The number of pyridine rings is 2. The molecular formula is C47H32N2OPt. The molecule has 3 nitrogen and oxygen atoms in total. The maximum absolute atomic E-state index is 6.77. The molecule has 0 aliphatic heterocycles. The van der Waals surface area contributed by atoms with E-state index in [2.05, 4.69) is 153 Å². The summed E-state index contributed by atoms with van der Waals surface area (Å²) in [5.41, 5.74) is 12.4. The Labute approximate surface area is 312 Å². The van der Waals surface area contributed by atoms with Crippen molar-refractivity contribution in [2.45, 2.75) is 19.3 Å². The zero-order chi connectivity index (χ0) is 33.7. The molecule has 2 aromatic heterocycles. The van der Waals surface area contributed by atoms with Gasteiger partial charge in [0, 0.05) is 23.9 Å². The summed E-state index contributed by atoms with van der Waals surface area (Å²) in [5.74, 6) is 1.20. The summed E-state index contributed by atoms with van der Waals surface area (Å²) < 4.78 is 6.77. The maximum atomic E-state index is 6.77. The van der Waals surface area contributed by atoms with Crippen molar-refractivity contribution < 1.29 is 25.8 Å². The third-order valence-corrected chi connectivity index (χ3v) is 9.91. The summed E-state index contributed by atoms with van der Waals surface area (Å²) in [7, 11) is 0. The van der Waals surface area contributed by atoms with Crippen molar-refractivity contribution in [3.8, 4) is 45.0 Å². The zero-order valence-electron chi connectivity index (χ0n) is 28.1. The van der Waals surface area contributed by atoms with E-state index in [1.165, 1.54) is 38.9 Å². The minimum absolute atomic E-state index is 0. The van der Waals surface area contributed by atoms with Gasteiger partial charge in [0.05, 0.1) is 11.1 Å². The van der Waals surface area contributed by atoms with Crippen LogP contribution in [0.1, 0.15) is 33.5 Å². The van der Waals surface area contributed by atoms with Gasteiger partial charge in [-0.1, -0.05) is 121 Å². The Bertz CT molecular complexity index is 2490. The van der Waals surface area contributed by atoms with Gasteiger partial charge < -0.3 is 9.72 Å². The van der Waals surface area contributed by atoms with Crippen LogP contribution in [0.2, 0.25) is 0 Å². The van der Waals surface area contributed by atoms with E-state index >= 15 is 0 Å². The normalized spacial score (nSPS) is 12.5. The molecule has 0 fully saturated rings. The average Bonchev–Trinajstić information content (AvgIpc) is 3.46. The number of ether oxygens (including phenoxy) is 1. The topological polar surface area (TPSA) is 35.0 Å². The first kappa shape index (κ1) is 32.6. The number of rotatable bonds is 6. The minimum atomic E-state index is -0.669. The Kier molecular flexibility index (Phi) is 8.46. The van der Waals surface area contributed by atoms with Crippen LogP contribution in [0.25, 0.3) is 44.3 Å². The molecule has 0 bridgehead atoms. The van der Waals surface area contributed by atoms with Gasteiger partial charge in [0.1, 0.15) is 0 Å². The summed E-state index contributed by atoms with van der Waals surface area (Å²) >= 11 is 0. The molecule has 0 saturated heterocycles. The molecule has 0 spiro atoms. The summed E-state index contributed by atoms with van der Waals surface area (Å²) in [6.07, 6.45) is 3.80. The standard InChI is InChI=1S/C47H32N2O.Pt/c1-31-13-11-14-32(2)46(31)36-25-35(44-28-33-15-3-4-16-34(33)30-49-44)26-39(27-36)50-38-18-12-17-37(29-38)47(45-23-9-10-24-48-45)42-21-7-5-19-40(42)41-20-6-8-22-43(41)47;/h3-25,27-28,30H,1-2H3;/q-2;+2. The summed E-state index contributed by atoms with van der Waals surface area (Å²) in [6, 6.07) is 57.9. The van der Waals surface area contributed by atoms with Crippen molar-refractivity contribution in [2.24, 2.45) is 0 Å². The molecule has 51 heavy (non-hydrogen) atoms. The smallest absolute Gasteiger partial charge is 0.503 e. The van der Waals surface area contributed by atoms with Crippen LogP contribution in [0.5, 0.6) is 11.5 Å². The number of aromatic nitrogens is 2. The van der Waals surface area contributed by atoms with E-state index in [4.69, 9.17) is 14.7 Å². The molecule has 0 saturated carbocycles. The van der Waals surface area contributed by atoms with Crippen molar-refractivity contribution >= 4 is 10.8 Å². The van der Waals surface area contributed by atoms with Gasteiger partial charge in [-0.15, -0.1) is 29.3 Å². The molecule has 0 N–H and O–H groups in total. The third-order valence-electron chi connectivity index (χ3n) is 9.91. The van der Waals surface area contributed by atoms with Gasteiger partial charge in [-0.05, 0) is 81.4 Å². The van der Waals surface area contributed by atoms with Crippen LogP contribution < -0.4 is 4.74 Å². The van der Waals surface area contributed by atoms with Gasteiger partial charge in [0.15, 0.2) is 0 Å². The van der Waals surface area contributed by atoms with Crippen molar-refractivity contribution in [1.29, 1.82) is 0 Å². The van der Waals surface area contributed by atoms with Crippen molar-refractivity contribution in [1.82, 2.24) is 9.97 Å². The van der Waals surface area contributed by atoms with E-state index < -0.39 is 5.41 Å². The molecule has 0 atom stereocenters. The van der Waals surface area contributed by atoms with E-state index in [0.717, 1.165) is 38.9 Å². The Balaban J connectivity index is 0.00000374. The number of fused-ring (bicyclic) bond motifs is 4. The predicted molar refractivity (Wildman–Crippen MR) is 201 cm³/mol. The van der Waals surface area contributed by atoms with E-state index in [1.807, 2.05) is 30.6 Å². The molecule has 8 aromatic rings. The number of nitrogens with zero attached hydrogens (tertiary/aromatic N) is 2. The van der Waals surface area contributed by atoms with Gasteiger partial charge in [-0.25, -0.2) is 0 Å². The van der Waals surface area contributed by atoms with Crippen molar-refractivity contribution in [2.75, 3.05) is 0 Å². The fourth-order valence-electron chi connectivity index (χ4n) is 7.75. The Morgan fingerprint density at radius 3 is 1.96 bits per heavy atom. The first-order chi connectivity index (χ1) is 24.6. The van der Waals surface area contributed by atoms with Crippen LogP contribution >= 0.6 is 0 Å². The van der Waals surface area contributed by atoms with E-state index in [9.17, 15) is 0 Å². The van der Waals surface area contributed by atoms with Crippen LogP contribution in [0.3, 0.4) is 0 Å². The number of aryl methyl sites for hydroxylation is 2. The molecule has 9 rings (SSSR count). The molecule has 1 aliphatic rings. The first-order valence-corrected chi connectivity index (χ1v) is 16.9. The van der Waals surface area contributed by atoms with Crippen molar-refractivity contribution in [3.05, 3.63) is 204 Å². The van der Waals surface area contributed by atoms with Crippen LogP contribution in [0.15, 0.2) is 158 Å². The fraction of sp³-hybridized carbons (Fsp3) is 0.0638. The second-order valence-corrected chi connectivity index (χ2v) is 12.9. The molecule has 246 valence electrons. The molecule has 0 unspecified atom stereocenters. The van der Waals surface area contributed by atoms with Crippen LogP contribution in [0.4, 0.5) is 0 Å². The largest absolute Gasteiger partial charge is 2.00 e. The Morgan fingerprint density at radius 2 is 1.24 bits per heavy atom. The second-order valence-electron chi connectivity index (χ2n) is 12.9. The molecular weight excluding hydrogens is 804 g/mol. The Morgan fingerprint density at radius 1 is 0.569 bits per heavy atom. The quantitative estimate of drug-likeness (QED) is 0.157. The Hall–Kier alpha value is -5.63. The van der Waals surface area contributed by atoms with Crippen LogP contribution in [-0.4, -0.2) is 9.97 Å². The van der Waals surface area contributed by atoms with E-state index in [1.54, 1.807) is 0 Å². The maximum Gasteiger partial charge on any atom is 2.00 e. The fourth-order valence-corrected chi connectivity index (χ4v) is 7.75. The number of hydrogen-bond acceptors (Lipinski definition) is 3. The van der Waals surface area contributed by atoms with Crippen molar-refractivity contribution in [3.63, 3.8) is 0 Å². The van der Waals surface area contributed by atoms with E-state index in [-0.39, 0.29) is 21.1 Å². The van der Waals surface area contributed by atoms with Crippen LogP contribution in [-0.2, 0) is 26.5 Å². The van der Waals surface area contributed by atoms with Gasteiger partial charge >= 0.3 is 21.1 Å². The molecule has 4 heteroatoms. The first-order valence-electron chi connectivity index (χ1n) is 16.9. The third kappa shape index (κ3) is 5.50. The number of hydrogen-bond donors (Lipinski definition) is 0. The SMILES string of the molecule is Cc1cccc(C)c1-c1cc(Oc2[c-]c(C3(c4ccccn4)c4ccccc4-c4ccccc43)ccc2)[c-]c(-c2cc3ccccc3cn2)c1.[Pt+2]. The molecule has 6 aromatic carbocycles. The summed E-state index contributed by atoms with van der Waals surface area (Å²) in [5, 5.41) is 2.23. The van der Waals surface area contributed by atoms with Gasteiger partial charge in [-0.2, -0.15) is 12.1 Å². The molecule has 0 radical (unpaired) electrons. The van der Waals surface area contributed by atoms with E-state index in [0.29, 0.717) is 11.5 Å². The monoisotopic (exact) mass is 835 g/mol. The zero-order valence-corrected chi connectivity index (χ0v) is 30.4. The number of benzene rings is 6. The average molecular weight is 836 g/mol. The van der Waals surface area contributed by atoms with Gasteiger partial charge in [-0.3, -0.25) is 4.98 Å². The molecule has 2 heterocycles. The second kappa shape index (κ2) is 13.2. The predicted octanol–water partition coefficient (Wildman–Crippen LogP) is 11.3. The molecule has 1 aliphatic carbocycles.